The van der Waals surface area contributed by atoms with Crippen molar-refractivity contribution in [3.63, 3.8) is 0 Å². The molecule has 0 spiro atoms. The predicted octanol–water partition coefficient (Wildman–Crippen LogP) is 3.61. The third-order valence-electron chi connectivity index (χ3n) is 3.56. The van der Waals surface area contributed by atoms with Crippen molar-refractivity contribution in [2.24, 2.45) is 0 Å². The zero-order valence-electron chi connectivity index (χ0n) is 13.0. The lowest BCUT2D eigenvalue weighted by Crippen LogP contribution is -2.39. The fraction of sp³-hybridized carbons (Fsp3) is 0.211. The molecule has 0 bridgehead atoms. The molecule has 1 aliphatic heterocycles. The molecule has 1 atom stereocenters. The Bertz CT molecular complexity index is 749. The molecule has 0 saturated heterocycles. The number of hydrogen-bond acceptors (Lipinski definition) is 4. The van der Waals surface area contributed by atoms with Gasteiger partial charge < -0.3 is 14.6 Å². The van der Waals surface area contributed by atoms with E-state index in [1.165, 1.54) is 12.1 Å². The number of ether oxygens (including phenoxy) is 2. The van der Waals surface area contributed by atoms with Crippen molar-refractivity contribution >= 4 is 11.5 Å². The van der Waals surface area contributed by atoms with Gasteiger partial charge >= 0.3 is 5.79 Å². The first-order valence-electron chi connectivity index (χ1n) is 7.50. The molecule has 1 unspecified atom stereocenters. The van der Waals surface area contributed by atoms with Crippen molar-refractivity contribution in [3.8, 4) is 5.75 Å². The third-order valence-corrected chi connectivity index (χ3v) is 3.56. The van der Waals surface area contributed by atoms with Crippen LogP contribution in [-0.4, -0.2) is 17.0 Å². The Morgan fingerprint density at radius 3 is 2.35 bits per heavy atom. The standard InChI is InChI=1S/C19H18O4/c1-13(2)22-19(15-10-6-7-11-16(15)20)18(21)12-17(23-19)14-8-4-3-5-9-14/h3-13,20H,1-2H3. The molecular weight excluding hydrogens is 292 g/mol. The average Bonchev–Trinajstić information content (AvgIpc) is 2.85. The maximum Gasteiger partial charge on any atom is 0.305 e. The summed E-state index contributed by atoms with van der Waals surface area (Å²) in [4.78, 5) is 12.7. The first-order chi connectivity index (χ1) is 11.0. The molecule has 0 radical (unpaired) electrons. The van der Waals surface area contributed by atoms with E-state index in [0.29, 0.717) is 11.3 Å². The lowest BCUT2D eigenvalue weighted by Gasteiger charge is -2.31. The summed E-state index contributed by atoms with van der Waals surface area (Å²) in [5, 5.41) is 10.2. The van der Waals surface area contributed by atoms with Gasteiger partial charge in [0.1, 0.15) is 11.5 Å². The normalized spacial score (nSPS) is 20.5. The zero-order valence-corrected chi connectivity index (χ0v) is 13.0. The van der Waals surface area contributed by atoms with E-state index < -0.39 is 5.79 Å². The molecule has 1 N–H and O–H groups in total. The smallest absolute Gasteiger partial charge is 0.305 e. The van der Waals surface area contributed by atoms with Crippen LogP contribution in [0.5, 0.6) is 5.75 Å². The van der Waals surface area contributed by atoms with Gasteiger partial charge in [0.2, 0.25) is 5.78 Å². The number of para-hydroxylation sites is 1. The van der Waals surface area contributed by atoms with Gasteiger partial charge in [-0.1, -0.05) is 42.5 Å². The van der Waals surface area contributed by atoms with Gasteiger partial charge in [-0.15, -0.1) is 0 Å². The van der Waals surface area contributed by atoms with E-state index in [0.717, 1.165) is 5.56 Å². The van der Waals surface area contributed by atoms with E-state index in [2.05, 4.69) is 0 Å². The Hall–Kier alpha value is -2.59. The van der Waals surface area contributed by atoms with Crippen molar-refractivity contribution in [3.05, 3.63) is 71.8 Å². The number of phenols is 1. The van der Waals surface area contributed by atoms with Crippen molar-refractivity contribution in [2.75, 3.05) is 0 Å². The van der Waals surface area contributed by atoms with Gasteiger partial charge in [0.25, 0.3) is 0 Å². The summed E-state index contributed by atoms with van der Waals surface area (Å²) >= 11 is 0. The molecule has 2 aromatic carbocycles. The predicted molar refractivity (Wildman–Crippen MR) is 86.5 cm³/mol. The summed E-state index contributed by atoms with van der Waals surface area (Å²) < 4.78 is 11.8. The maximum absolute atomic E-state index is 12.7. The van der Waals surface area contributed by atoms with E-state index in [1.807, 2.05) is 44.2 Å². The number of hydrogen-bond donors (Lipinski definition) is 1. The number of benzene rings is 2. The molecule has 2 aromatic rings. The van der Waals surface area contributed by atoms with E-state index in [4.69, 9.17) is 9.47 Å². The van der Waals surface area contributed by atoms with Gasteiger partial charge in [-0.3, -0.25) is 4.79 Å². The van der Waals surface area contributed by atoms with Gasteiger partial charge in [0, 0.05) is 11.6 Å². The summed E-state index contributed by atoms with van der Waals surface area (Å²) in [6.45, 7) is 3.64. The quantitative estimate of drug-likeness (QED) is 0.937. The summed E-state index contributed by atoms with van der Waals surface area (Å²) in [6, 6.07) is 15.9. The third kappa shape index (κ3) is 2.73. The molecule has 3 rings (SSSR count). The molecule has 0 fully saturated rings. The van der Waals surface area contributed by atoms with Crippen molar-refractivity contribution in [1.82, 2.24) is 0 Å². The second kappa shape index (κ2) is 5.89. The number of carbonyl (C=O) groups excluding carboxylic acids is 1. The van der Waals surface area contributed by atoms with E-state index >= 15 is 0 Å². The molecule has 0 saturated carbocycles. The van der Waals surface area contributed by atoms with Gasteiger partial charge in [0.05, 0.1) is 11.7 Å². The Morgan fingerprint density at radius 1 is 1.04 bits per heavy atom. The molecule has 1 heterocycles. The lowest BCUT2D eigenvalue weighted by atomic mass is 10.0. The Kier molecular flexibility index (Phi) is 3.92. The highest BCUT2D eigenvalue weighted by Gasteiger charge is 2.50. The zero-order chi connectivity index (χ0) is 16.4. The van der Waals surface area contributed by atoms with Crippen LogP contribution < -0.4 is 0 Å². The lowest BCUT2D eigenvalue weighted by molar-refractivity contribution is -0.212. The summed E-state index contributed by atoms with van der Waals surface area (Å²) in [6.07, 6.45) is 1.16. The summed E-state index contributed by atoms with van der Waals surface area (Å²) in [5.74, 6) is -1.60. The number of phenolic OH excluding ortho intramolecular Hbond substituents is 1. The van der Waals surface area contributed by atoms with Crippen LogP contribution in [0.25, 0.3) is 5.76 Å². The van der Waals surface area contributed by atoms with Crippen LogP contribution in [0.3, 0.4) is 0 Å². The Morgan fingerprint density at radius 2 is 1.70 bits per heavy atom. The summed E-state index contributed by atoms with van der Waals surface area (Å²) in [7, 11) is 0. The highest BCUT2D eigenvalue weighted by atomic mass is 16.7. The van der Waals surface area contributed by atoms with E-state index in [9.17, 15) is 9.90 Å². The fourth-order valence-corrected chi connectivity index (χ4v) is 2.61. The second-order valence-electron chi connectivity index (χ2n) is 5.64. The molecular formula is C19H18O4. The topological polar surface area (TPSA) is 55.8 Å². The van der Waals surface area contributed by atoms with Crippen molar-refractivity contribution in [1.29, 1.82) is 0 Å². The Balaban J connectivity index is 2.06. The number of rotatable bonds is 4. The van der Waals surface area contributed by atoms with Gasteiger partial charge in [-0.05, 0) is 26.0 Å². The van der Waals surface area contributed by atoms with Gasteiger partial charge in [0.15, 0.2) is 0 Å². The SMILES string of the molecule is CC(C)OC1(c2ccccc2O)OC(c2ccccc2)=CC1=O. The van der Waals surface area contributed by atoms with Gasteiger partial charge in [-0.2, -0.15) is 0 Å². The number of aromatic hydroxyl groups is 1. The number of ketones is 1. The van der Waals surface area contributed by atoms with Crippen LogP contribution in [0, 0.1) is 0 Å². The molecule has 1 aliphatic rings. The minimum Gasteiger partial charge on any atom is -0.507 e. The van der Waals surface area contributed by atoms with Crippen LogP contribution in [0.4, 0.5) is 0 Å². The molecule has 4 nitrogen and oxygen atoms in total. The minimum absolute atomic E-state index is 0.0378. The van der Waals surface area contributed by atoms with E-state index in [-0.39, 0.29) is 17.6 Å². The molecule has 0 aliphatic carbocycles. The molecule has 0 aromatic heterocycles. The largest absolute Gasteiger partial charge is 0.507 e. The first kappa shape index (κ1) is 15.3. The van der Waals surface area contributed by atoms with Gasteiger partial charge in [-0.25, -0.2) is 0 Å². The molecule has 4 heteroatoms. The van der Waals surface area contributed by atoms with E-state index in [1.54, 1.807) is 18.2 Å². The second-order valence-corrected chi connectivity index (χ2v) is 5.64. The minimum atomic E-state index is -1.65. The van der Waals surface area contributed by atoms with Crippen molar-refractivity contribution in [2.45, 2.75) is 25.7 Å². The van der Waals surface area contributed by atoms with Crippen LogP contribution >= 0.6 is 0 Å². The highest BCUT2D eigenvalue weighted by molar-refractivity contribution is 6.05. The first-order valence-corrected chi connectivity index (χ1v) is 7.50. The van der Waals surface area contributed by atoms with Crippen LogP contribution in [0.15, 0.2) is 60.7 Å². The van der Waals surface area contributed by atoms with Crippen LogP contribution in [0.1, 0.15) is 25.0 Å². The monoisotopic (exact) mass is 310 g/mol. The number of carbonyl (C=O) groups is 1. The fourth-order valence-electron chi connectivity index (χ4n) is 2.61. The van der Waals surface area contributed by atoms with Crippen molar-refractivity contribution < 1.29 is 19.4 Å². The molecule has 118 valence electrons. The maximum atomic E-state index is 12.7. The Labute approximate surface area is 135 Å². The highest BCUT2D eigenvalue weighted by Crippen LogP contribution is 2.43. The average molecular weight is 310 g/mol. The molecule has 23 heavy (non-hydrogen) atoms. The van der Waals surface area contributed by atoms with Crippen LogP contribution in [0.2, 0.25) is 0 Å². The molecule has 0 amide bonds. The van der Waals surface area contributed by atoms with Crippen LogP contribution in [-0.2, 0) is 20.1 Å². The summed E-state index contributed by atoms with van der Waals surface area (Å²) in [5.41, 5.74) is 1.09.